The normalized spacial score (nSPS) is 12.0. The lowest BCUT2D eigenvalue weighted by atomic mass is 10.0. The molecule has 0 heterocycles. The van der Waals surface area contributed by atoms with Gasteiger partial charge >= 0.3 is 0 Å². The molecule has 0 amide bonds. The number of halogens is 3. The Kier molecular flexibility index (Phi) is 8.82. The molecule has 0 fully saturated rings. The summed E-state index contributed by atoms with van der Waals surface area (Å²) in [5.41, 5.74) is 3.21. The lowest BCUT2D eigenvalue weighted by Crippen LogP contribution is -2.35. The molecule has 0 radical (unpaired) electrons. The van der Waals surface area contributed by atoms with Gasteiger partial charge in [0.15, 0.2) is 0 Å². The van der Waals surface area contributed by atoms with Gasteiger partial charge in [0.05, 0.1) is 10.0 Å². The number of benzene rings is 3. The first-order valence-corrected chi connectivity index (χ1v) is 11.0. The van der Waals surface area contributed by atoms with Crippen molar-refractivity contribution in [2.45, 2.75) is 12.6 Å². The first-order chi connectivity index (χ1) is 15.0. The van der Waals surface area contributed by atoms with Crippen LogP contribution in [0.5, 0.6) is 5.75 Å². The first kappa shape index (κ1) is 23.6. The van der Waals surface area contributed by atoms with Crippen LogP contribution in [0, 0.1) is 0 Å². The predicted octanol–water partition coefficient (Wildman–Crippen LogP) is 6.74. The van der Waals surface area contributed by atoms with Crippen molar-refractivity contribution in [3.8, 4) is 16.9 Å². The Balaban J connectivity index is 1.58. The van der Waals surface area contributed by atoms with E-state index in [0.29, 0.717) is 35.4 Å². The van der Waals surface area contributed by atoms with Crippen LogP contribution in [0.15, 0.2) is 79.4 Å². The van der Waals surface area contributed by atoms with Crippen LogP contribution in [0.25, 0.3) is 11.1 Å². The minimum atomic E-state index is -0.670. The zero-order chi connectivity index (χ0) is 22.2. The second-order valence-corrected chi connectivity index (χ2v) is 8.42. The molecule has 3 rings (SSSR count). The summed E-state index contributed by atoms with van der Waals surface area (Å²) in [7, 11) is 0. The molecule has 162 valence electrons. The van der Waals surface area contributed by atoms with Gasteiger partial charge in [-0.25, -0.2) is 0 Å². The van der Waals surface area contributed by atoms with Gasteiger partial charge in [0.25, 0.3) is 0 Å². The molecule has 6 heteroatoms. The Bertz CT molecular complexity index is 1010. The molecule has 0 aromatic heterocycles. The number of nitrogens with zero attached hydrogens (tertiary/aromatic N) is 1. The van der Waals surface area contributed by atoms with E-state index >= 15 is 0 Å². The van der Waals surface area contributed by atoms with Crippen LogP contribution in [0.1, 0.15) is 5.56 Å². The summed E-state index contributed by atoms with van der Waals surface area (Å²) < 4.78 is 5.65. The van der Waals surface area contributed by atoms with Gasteiger partial charge in [-0.2, -0.15) is 0 Å². The molecule has 3 nitrogen and oxygen atoms in total. The van der Waals surface area contributed by atoms with Crippen LogP contribution < -0.4 is 4.74 Å². The van der Waals surface area contributed by atoms with Crippen molar-refractivity contribution in [2.75, 3.05) is 19.7 Å². The van der Waals surface area contributed by atoms with E-state index in [4.69, 9.17) is 39.5 Å². The fourth-order valence-electron chi connectivity index (χ4n) is 3.24. The predicted molar refractivity (Wildman–Crippen MR) is 130 cm³/mol. The Morgan fingerprint density at radius 1 is 0.935 bits per heavy atom. The highest BCUT2D eigenvalue weighted by Gasteiger charge is 2.13. The summed E-state index contributed by atoms with van der Waals surface area (Å²) in [5, 5.41) is 12.1. The van der Waals surface area contributed by atoms with Crippen molar-refractivity contribution in [3.63, 3.8) is 0 Å². The molecular weight excluding hydrogens is 453 g/mol. The second kappa shape index (κ2) is 11.6. The summed E-state index contributed by atoms with van der Waals surface area (Å²) in [6.45, 7) is 5.75. The first-order valence-electron chi connectivity index (χ1n) is 9.89. The Morgan fingerprint density at radius 2 is 1.68 bits per heavy atom. The van der Waals surface area contributed by atoms with Gasteiger partial charge in [0.1, 0.15) is 18.5 Å². The van der Waals surface area contributed by atoms with Crippen molar-refractivity contribution < 1.29 is 9.84 Å². The van der Waals surface area contributed by atoms with Gasteiger partial charge < -0.3 is 9.84 Å². The largest absolute Gasteiger partial charge is 0.491 e. The van der Waals surface area contributed by atoms with Gasteiger partial charge in [0.2, 0.25) is 0 Å². The minimum absolute atomic E-state index is 0.150. The maximum absolute atomic E-state index is 10.5. The molecule has 3 aromatic carbocycles. The lowest BCUT2D eigenvalue weighted by molar-refractivity contribution is 0.0696. The monoisotopic (exact) mass is 475 g/mol. The number of rotatable bonds is 10. The van der Waals surface area contributed by atoms with Crippen LogP contribution in [0.4, 0.5) is 0 Å². The Hall–Kier alpha value is -2.01. The molecule has 1 atom stereocenters. The fourth-order valence-corrected chi connectivity index (χ4v) is 3.77. The maximum atomic E-state index is 10.5. The third kappa shape index (κ3) is 6.99. The fraction of sp³-hybridized carbons (Fsp3) is 0.200. The standard InChI is InChI=1S/C25H24Cl3NO2/c1-2-13-29(16-20(30)17-31-21-11-12-24(27)25(28)14-21)15-18-7-9-19(10-8-18)22-5-3-4-6-23(22)26/h2-12,14,20,30H,1,13,15-17H2. The van der Waals surface area contributed by atoms with Gasteiger partial charge in [-0.15, -0.1) is 6.58 Å². The van der Waals surface area contributed by atoms with Crippen molar-refractivity contribution in [1.82, 2.24) is 4.90 Å². The van der Waals surface area contributed by atoms with E-state index in [1.165, 1.54) is 0 Å². The molecule has 0 aliphatic heterocycles. The van der Waals surface area contributed by atoms with Crippen LogP contribution in [0.3, 0.4) is 0 Å². The van der Waals surface area contributed by atoms with Gasteiger partial charge in [-0.1, -0.05) is 83.3 Å². The Labute approximate surface area is 198 Å². The second-order valence-electron chi connectivity index (χ2n) is 7.20. The van der Waals surface area contributed by atoms with Gasteiger partial charge in [-0.3, -0.25) is 4.90 Å². The average molecular weight is 477 g/mol. The summed E-state index contributed by atoms with van der Waals surface area (Å²) >= 11 is 18.2. The van der Waals surface area contributed by atoms with Crippen molar-refractivity contribution in [1.29, 1.82) is 0 Å². The van der Waals surface area contributed by atoms with Gasteiger partial charge in [0, 0.05) is 36.3 Å². The molecular formula is C25H24Cl3NO2. The van der Waals surface area contributed by atoms with E-state index in [2.05, 4.69) is 35.7 Å². The summed E-state index contributed by atoms with van der Waals surface area (Å²) in [4.78, 5) is 2.11. The number of hydrogen-bond donors (Lipinski definition) is 1. The zero-order valence-electron chi connectivity index (χ0n) is 17.0. The number of aliphatic hydroxyl groups excluding tert-OH is 1. The van der Waals surface area contributed by atoms with Crippen molar-refractivity contribution in [3.05, 3.63) is 100 Å². The van der Waals surface area contributed by atoms with E-state index in [0.717, 1.165) is 21.7 Å². The molecule has 0 spiro atoms. The molecule has 0 saturated carbocycles. The molecule has 1 N–H and O–H groups in total. The van der Waals surface area contributed by atoms with Crippen LogP contribution >= 0.6 is 34.8 Å². The molecule has 0 saturated heterocycles. The van der Waals surface area contributed by atoms with Crippen LogP contribution in [-0.4, -0.2) is 35.8 Å². The minimum Gasteiger partial charge on any atom is -0.491 e. The summed E-state index contributed by atoms with van der Waals surface area (Å²) in [6, 6.07) is 21.1. The lowest BCUT2D eigenvalue weighted by Gasteiger charge is -2.24. The van der Waals surface area contributed by atoms with Crippen LogP contribution in [0.2, 0.25) is 15.1 Å². The average Bonchev–Trinajstić information content (AvgIpc) is 2.76. The highest BCUT2D eigenvalue weighted by Crippen LogP contribution is 2.28. The van der Waals surface area contributed by atoms with E-state index in [1.54, 1.807) is 18.2 Å². The molecule has 0 aliphatic rings. The van der Waals surface area contributed by atoms with E-state index in [-0.39, 0.29) is 6.61 Å². The molecule has 0 bridgehead atoms. The number of hydrogen-bond acceptors (Lipinski definition) is 3. The highest BCUT2D eigenvalue weighted by atomic mass is 35.5. The van der Waals surface area contributed by atoms with E-state index < -0.39 is 6.10 Å². The highest BCUT2D eigenvalue weighted by molar-refractivity contribution is 6.42. The molecule has 31 heavy (non-hydrogen) atoms. The smallest absolute Gasteiger partial charge is 0.121 e. The quantitative estimate of drug-likeness (QED) is 0.329. The molecule has 1 unspecified atom stereocenters. The third-order valence-corrected chi connectivity index (χ3v) is 5.80. The number of aliphatic hydroxyl groups is 1. The Morgan fingerprint density at radius 3 is 2.35 bits per heavy atom. The topological polar surface area (TPSA) is 32.7 Å². The van der Waals surface area contributed by atoms with E-state index in [9.17, 15) is 5.11 Å². The summed E-state index contributed by atoms with van der Waals surface area (Å²) in [5.74, 6) is 0.568. The van der Waals surface area contributed by atoms with Crippen LogP contribution in [-0.2, 0) is 6.54 Å². The van der Waals surface area contributed by atoms with Crippen molar-refractivity contribution in [2.24, 2.45) is 0 Å². The molecule has 3 aromatic rings. The third-order valence-electron chi connectivity index (χ3n) is 4.73. The maximum Gasteiger partial charge on any atom is 0.121 e. The van der Waals surface area contributed by atoms with Crippen molar-refractivity contribution >= 4 is 34.8 Å². The SMILES string of the molecule is C=CCN(Cc1ccc(-c2ccccc2Cl)cc1)CC(O)COc1ccc(Cl)c(Cl)c1. The molecule has 0 aliphatic carbocycles. The zero-order valence-corrected chi connectivity index (χ0v) is 19.2. The van der Waals surface area contributed by atoms with E-state index in [1.807, 2.05) is 30.3 Å². The van der Waals surface area contributed by atoms with Gasteiger partial charge in [-0.05, 0) is 29.3 Å². The summed E-state index contributed by atoms with van der Waals surface area (Å²) in [6.07, 6.45) is 1.15. The number of ether oxygens (including phenoxy) is 1.